The maximum atomic E-state index is 13.3. The van der Waals surface area contributed by atoms with Gasteiger partial charge in [-0.3, -0.25) is 9.59 Å². The zero-order valence-electron chi connectivity index (χ0n) is 20.6. The second kappa shape index (κ2) is 11.9. The van der Waals surface area contributed by atoms with E-state index in [9.17, 15) is 22.8 Å². The van der Waals surface area contributed by atoms with Gasteiger partial charge in [-0.25, -0.2) is 4.85 Å². The molecular weight excluding hydrogens is 469 g/mol. The number of rotatable bonds is 10. The Hall–Kier alpha value is -3.54. The molecule has 0 bridgehead atoms. The summed E-state index contributed by atoms with van der Waals surface area (Å²) in [6.07, 6.45) is -3.41. The molecule has 2 aromatic carbocycles. The summed E-state index contributed by atoms with van der Waals surface area (Å²) < 4.78 is 37.0. The van der Waals surface area contributed by atoms with E-state index in [1.807, 2.05) is 19.1 Å². The summed E-state index contributed by atoms with van der Waals surface area (Å²) >= 11 is 0. The van der Waals surface area contributed by atoms with Crippen molar-refractivity contribution >= 4 is 23.2 Å². The molecule has 1 N–H and O–H groups in total. The molecule has 0 radical (unpaired) electrons. The molecule has 1 aliphatic rings. The lowest BCUT2D eigenvalue weighted by molar-refractivity contribution is -0.135. The summed E-state index contributed by atoms with van der Waals surface area (Å²) in [5, 5.41) is 2.65. The van der Waals surface area contributed by atoms with Gasteiger partial charge in [-0.2, -0.15) is 13.2 Å². The van der Waals surface area contributed by atoms with Crippen LogP contribution in [0.3, 0.4) is 0 Å². The number of hydrogen-bond acceptors (Lipinski definition) is 3. The van der Waals surface area contributed by atoms with Gasteiger partial charge >= 0.3 is 6.18 Å². The van der Waals surface area contributed by atoms with Gasteiger partial charge in [0.25, 0.3) is 0 Å². The number of carbonyl (C=O) groups is 2. The van der Waals surface area contributed by atoms with Gasteiger partial charge in [0.15, 0.2) is 5.69 Å². The highest BCUT2D eigenvalue weighted by atomic mass is 19.4. The first-order chi connectivity index (χ1) is 17.1. The van der Waals surface area contributed by atoms with E-state index in [1.54, 1.807) is 35.0 Å². The van der Waals surface area contributed by atoms with Crippen molar-refractivity contribution in [2.24, 2.45) is 0 Å². The summed E-state index contributed by atoms with van der Waals surface area (Å²) in [5.74, 6) is -0.545. The lowest BCUT2D eigenvalue weighted by Crippen LogP contribution is -2.46. The predicted molar refractivity (Wildman–Crippen MR) is 133 cm³/mol. The Kier molecular flexibility index (Phi) is 8.97. The van der Waals surface area contributed by atoms with Crippen molar-refractivity contribution in [1.29, 1.82) is 0 Å². The van der Waals surface area contributed by atoms with Crippen LogP contribution in [0.2, 0.25) is 0 Å². The van der Waals surface area contributed by atoms with Gasteiger partial charge in [-0.05, 0) is 55.4 Å². The second-order valence-electron chi connectivity index (χ2n) is 9.20. The van der Waals surface area contributed by atoms with Crippen LogP contribution in [0.25, 0.3) is 4.85 Å². The molecule has 0 spiro atoms. The third-order valence-electron chi connectivity index (χ3n) is 6.50. The molecule has 2 aromatic rings. The Morgan fingerprint density at radius 1 is 1.08 bits per heavy atom. The maximum absolute atomic E-state index is 13.3. The quantitative estimate of drug-likeness (QED) is 0.376. The number of benzene rings is 2. The van der Waals surface area contributed by atoms with Gasteiger partial charge in [-0.1, -0.05) is 36.4 Å². The number of halogens is 3. The Labute approximate surface area is 209 Å². The Morgan fingerprint density at radius 2 is 1.75 bits per heavy atom. The lowest BCUT2D eigenvalue weighted by atomic mass is 10.1. The van der Waals surface area contributed by atoms with E-state index < -0.39 is 18.5 Å². The van der Waals surface area contributed by atoms with Crippen molar-refractivity contribution in [3.05, 3.63) is 70.6 Å². The number of anilines is 1. The van der Waals surface area contributed by atoms with Crippen molar-refractivity contribution in [3.63, 3.8) is 0 Å². The predicted octanol–water partition coefficient (Wildman–Crippen LogP) is 4.83. The summed E-state index contributed by atoms with van der Waals surface area (Å²) in [6, 6.07) is 13.2. The Balaban J connectivity index is 1.67. The topological polar surface area (TPSA) is 57.0 Å². The third kappa shape index (κ3) is 7.48. The van der Waals surface area contributed by atoms with Crippen LogP contribution in [0.4, 0.5) is 24.5 Å². The van der Waals surface area contributed by atoms with Crippen LogP contribution in [0.1, 0.15) is 36.0 Å². The number of likely N-dealkylation sites (N-methyl/N-ethyl adjacent to an activating group) is 1. The van der Waals surface area contributed by atoms with Crippen LogP contribution in [0.5, 0.6) is 0 Å². The minimum absolute atomic E-state index is 0.0230. The highest BCUT2D eigenvalue weighted by molar-refractivity contribution is 5.87. The number of fused-ring (bicyclic) bond motifs is 1. The molecule has 2 amide bonds. The lowest BCUT2D eigenvalue weighted by Gasteiger charge is -2.30. The van der Waals surface area contributed by atoms with E-state index in [2.05, 4.69) is 22.3 Å². The van der Waals surface area contributed by atoms with Crippen LogP contribution >= 0.6 is 0 Å². The standard InChI is InChI=1S/C27H31F3N4O2/c1-19-10-11-22(31-2)16-24(19)34(17-25(35)32-13-7-6-12-27(28,29)30)18-26(36)33(3)23-14-20-8-4-5-9-21(20)15-23/h4-5,8-11,16,23H,6-7,12-15,17-18H2,1,3H3,(H,32,35). The smallest absolute Gasteiger partial charge is 0.355 e. The number of nitrogens with one attached hydrogen (secondary N) is 1. The summed E-state index contributed by atoms with van der Waals surface area (Å²) in [4.78, 5) is 32.8. The molecule has 36 heavy (non-hydrogen) atoms. The average Bonchev–Trinajstić information content (AvgIpc) is 3.27. The highest BCUT2D eigenvalue weighted by Crippen LogP contribution is 2.28. The van der Waals surface area contributed by atoms with E-state index in [0.717, 1.165) is 18.4 Å². The van der Waals surface area contributed by atoms with Gasteiger partial charge < -0.3 is 15.1 Å². The van der Waals surface area contributed by atoms with Crippen LogP contribution in [0, 0.1) is 13.5 Å². The third-order valence-corrected chi connectivity index (χ3v) is 6.50. The van der Waals surface area contributed by atoms with Crippen molar-refractivity contribution in [2.45, 2.75) is 51.2 Å². The molecule has 192 valence electrons. The zero-order chi connectivity index (χ0) is 26.3. The molecule has 1 aliphatic carbocycles. The number of aryl methyl sites for hydroxylation is 1. The fourth-order valence-electron chi connectivity index (χ4n) is 4.43. The molecule has 9 heteroatoms. The number of unbranched alkanes of at least 4 members (excludes halogenated alkanes) is 1. The zero-order valence-corrected chi connectivity index (χ0v) is 20.6. The van der Waals surface area contributed by atoms with Gasteiger partial charge in [0.05, 0.1) is 19.7 Å². The second-order valence-corrected chi connectivity index (χ2v) is 9.20. The summed E-state index contributed by atoms with van der Waals surface area (Å²) in [5.41, 5.74) is 4.26. The molecule has 0 fully saturated rings. The van der Waals surface area contributed by atoms with Crippen LogP contribution in [-0.4, -0.2) is 55.6 Å². The number of hydrogen-bond donors (Lipinski definition) is 1. The number of alkyl halides is 3. The normalized spacial score (nSPS) is 13.1. The fraction of sp³-hybridized carbons (Fsp3) is 0.444. The van der Waals surface area contributed by atoms with E-state index >= 15 is 0 Å². The van der Waals surface area contributed by atoms with E-state index in [1.165, 1.54) is 11.1 Å². The molecule has 0 saturated carbocycles. The molecular formula is C27H31F3N4O2. The van der Waals surface area contributed by atoms with Crippen molar-refractivity contribution < 1.29 is 22.8 Å². The largest absolute Gasteiger partial charge is 0.389 e. The Bertz CT molecular complexity index is 1100. The van der Waals surface area contributed by atoms with Gasteiger partial charge in [0.1, 0.15) is 0 Å². The van der Waals surface area contributed by atoms with Gasteiger partial charge in [0.2, 0.25) is 11.8 Å². The average molecular weight is 501 g/mol. The molecule has 0 aromatic heterocycles. The van der Waals surface area contributed by atoms with E-state index in [4.69, 9.17) is 6.57 Å². The van der Waals surface area contributed by atoms with Crippen LogP contribution in [0.15, 0.2) is 42.5 Å². The number of nitrogens with zero attached hydrogens (tertiary/aromatic N) is 3. The van der Waals surface area contributed by atoms with Crippen molar-refractivity contribution in [3.8, 4) is 0 Å². The van der Waals surface area contributed by atoms with Gasteiger partial charge in [-0.15, -0.1) is 0 Å². The van der Waals surface area contributed by atoms with E-state index in [-0.39, 0.29) is 44.4 Å². The first-order valence-corrected chi connectivity index (χ1v) is 12.0. The summed E-state index contributed by atoms with van der Waals surface area (Å²) in [6.45, 7) is 9.08. The minimum atomic E-state index is -4.21. The molecule has 0 aliphatic heterocycles. The first-order valence-electron chi connectivity index (χ1n) is 12.0. The molecule has 3 rings (SSSR count). The molecule has 0 saturated heterocycles. The molecule has 0 heterocycles. The number of amides is 2. The minimum Gasteiger partial charge on any atom is -0.355 e. The summed E-state index contributed by atoms with van der Waals surface area (Å²) in [7, 11) is 1.76. The van der Waals surface area contributed by atoms with Crippen molar-refractivity contribution in [1.82, 2.24) is 10.2 Å². The molecule has 6 nitrogen and oxygen atoms in total. The van der Waals surface area contributed by atoms with Crippen LogP contribution < -0.4 is 10.2 Å². The van der Waals surface area contributed by atoms with E-state index in [0.29, 0.717) is 11.4 Å². The molecule has 0 unspecified atom stereocenters. The fourth-order valence-corrected chi connectivity index (χ4v) is 4.43. The highest BCUT2D eigenvalue weighted by Gasteiger charge is 2.29. The van der Waals surface area contributed by atoms with Gasteiger partial charge in [0, 0.05) is 31.7 Å². The first kappa shape index (κ1) is 27.1. The maximum Gasteiger partial charge on any atom is 0.389 e. The monoisotopic (exact) mass is 500 g/mol. The molecule has 0 atom stereocenters. The van der Waals surface area contributed by atoms with Crippen molar-refractivity contribution in [2.75, 3.05) is 31.6 Å². The van der Waals surface area contributed by atoms with Crippen LogP contribution in [-0.2, 0) is 22.4 Å². The number of carbonyl (C=O) groups excluding carboxylic acids is 2. The SMILES string of the molecule is [C-]#[N+]c1ccc(C)c(N(CC(=O)NCCCCC(F)(F)F)CC(=O)N(C)C2Cc3ccccc3C2)c1. The Morgan fingerprint density at radius 3 is 2.36 bits per heavy atom.